The molecule has 2 amide bonds. The molecule has 3 aromatic rings. The summed E-state index contributed by atoms with van der Waals surface area (Å²) in [6, 6.07) is 8.37. The minimum absolute atomic E-state index is 0.0400. The van der Waals surface area contributed by atoms with E-state index in [1.54, 1.807) is 24.5 Å². The van der Waals surface area contributed by atoms with Crippen molar-refractivity contribution >= 4 is 23.6 Å². The molecule has 26 heavy (non-hydrogen) atoms. The van der Waals surface area contributed by atoms with E-state index < -0.39 is 17.6 Å². The fraction of sp³-hybridized carbons (Fsp3) is 0.0625. The van der Waals surface area contributed by atoms with Crippen molar-refractivity contribution in [1.82, 2.24) is 26.0 Å². The predicted molar refractivity (Wildman–Crippen MR) is 90.3 cm³/mol. The average molecular weight is 373 g/mol. The lowest BCUT2D eigenvalue weighted by atomic mass is 10.2. The van der Waals surface area contributed by atoms with Gasteiger partial charge in [0, 0.05) is 23.5 Å². The van der Waals surface area contributed by atoms with Crippen molar-refractivity contribution in [3.8, 4) is 11.5 Å². The van der Waals surface area contributed by atoms with Crippen LogP contribution in [-0.2, 0) is 4.79 Å². The number of aromatic nitrogens is 3. The third-order valence-electron chi connectivity index (χ3n) is 3.08. The zero-order chi connectivity index (χ0) is 18.4. The van der Waals surface area contributed by atoms with Crippen LogP contribution in [0.2, 0.25) is 0 Å². The Morgan fingerprint density at radius 3 is 2.50 bits per heavy atom. The smallest absolute Gasteiger partial charge is 0.277 e. The van der Waals surface area contributed by atoms with Crippen LogP contribution in [-0.4, -0.2) is 32.7 Å². The van der Waals surface area contributed by atoms with Gasteiger partial charge in [0.05, 0.1) is 5.75 Å². The van der Waals surface area contributed by atoms with E-state index in [0.29, 0.717) is 5.89 Å². The molecule has 0 aliphatic carbocycles. The normalized spacial score (nSPS) is 10.3. The molecule has 2 heterocycles. The van der Waals surface area contributed by atoms with Gasteiger partial charge >= 0.3 is 0 Å². The lowest BCUT2D eigenvalue weighted by Crippen LogP contribution is -2.42. The summed E-state index contributed by atoms with van der Waals surface area (Å²) in [5.41, 5.74) is 5.43. The minimum Gasteiger partial charge on any atom is -0.411 e. The van der Waals surface area contributed by atoms with Crippen molar-refractivity contribution in [3.05, 3.63) is 60.2 Å². The molecule has 8 nitrogen and oxygen atoms in total. The highest BCUT2D eigenvalue weighted by Gasteiger charge is 2.12. The number of thioether (sulfide) groups is 1. The molecular formula is C16H12FN5O3S. The number of hydrazine groups is 1. The maximum atomic E-state index is 12.8. The van der Waals surface area contributed by atoms with Crippen LogP contribution in [0.25, 0.3) is 11.5 Å². The van der Waals surface area contributed by atoms with Crippen molar-refractivity contribution < 1.29 is 18.4 Å². The topological polar surface area (TPSA) is 110 Å². The summed E-state index contributed by atoms with van der Waals surface area (Å²) in [5, 5.41) is 7.95. The van der Waals surface area contributed by atoms with Crippen LogP contribution in [0.15, 0.2) is 58.4 Å². The first kappa shape index (κ1) is 17.5. The monoisotopic (exact) mass is 373 g/mol. The third kappa shape index (κ3) is 4.63. The highest BCUT2D eigenvalue weighted by Crippen LogP contribution is 2.22. The van der Waals surface area contributed by atoms with E-state index in [4.69, 9.17) is 4.42 Å². The summed E-state index contributed by atoms with van der Waals surface area (Å²) in [4.78, 5) is 27.5. The molecule has 0 saturated carbocycles. The van der Waals surface area contributed by atoms with E-state index in [-0.39, 0.29) is 16.5 Å². The second-order valence-corrected chi connectivity index (χ2v) is 5.83. The molecule has 0 atom stereocenters. The molecule has 0 fully saturated rings. The van der Waals surface area contributed by atoms with Gasteiger partial charge in [-0.25, -0.2) is 4.39 Å². The number of amides is 2. The molecule has 1 aromatic carbocycles. The van der Waals surface area contributed by atoms with Crippen LogP contribution in [0.3, 0.4) is 0 Å². The Kier molecular flexibility index (Phi) is 5.54. The van der Waals surface area contributed by atoms with Gasteiger partial charge in [-0.05, 0) is 36.4 Å². The van der Waals surface area contributed by atoms with Crippen LogP contribution < -0.4 is 10.9 Å². The Balaban J connectivity index is 1.46. The standard InChI is InChI=1S/C16H12FN5O3S/c17-12-3-1-10(2-4-12)14(24)20-19-13(23)9-26-16-22-21-15(25-16)11-5-7-18-8-6-11/h1-8H,9H2,(H,19,23)(H,20,24). The molecule has 3 rings (SSSR count). The Bertz CT molecular complexity index is 902. The molecule has 0 bridgehead atoms. The summed E-state index contributed by atoms with van der Waals surface area (Å²) < 4.78 is 18.2. The Labute approximate surface area is 151 Å². The van der Waals surface area contributed by atoms with Crippen molar-refractivity contribution in [3.63, 3.8) is 0 Å². The van der Waals surface area contributed by atoms with Gasteiger partial charge in [0.25, 0.3) is 11.1 Å². The molecule has 0 saturated heterocycles. The molecule has 0 unspecified atom stereocenters. The Hall–Kier alpha value is -3.27. The number of carbonyl (C=O) groups excluding carboxylic acids is 2. The summed E-state index contributed by atoms with van der Waals surface area (Å²) in [7, 11) is 0. The van der Waals surface area contributed by atoms with E-state index in [9.17, 15) is 14.0 Å². The van der Waals surface area contributed by atoms with Gasteiger partial charge in [-0.15, -0.1) is 10.2 Å². The highest BCUT2D eigenvalue weighted by atomic mass is 32.2. The number of nitrogens with zero attached hydrogens (tertiary/aromatic N) is 3. The maximum absolute atomic E-state index is 12.8. The number of carbonyl (C=O) groups is 2. The van der Waals surface area contributed by atoms with E-state index >= 15 is 0 Å². The van der Waals surface area contributed by atoms with Gasteiger partial charge in [-0.1, -0.05) is 11.8 Å². The van der Waals surface area contributed by atoms with Crippen molar-refractivity contribution in [2.24, 2.45) is 0 Å². The molecule has 0 aliphatic rings. The van der Waals surface area contributed by atoms with Gasteiger partial charge < -0.3 is 4.42 Å². The highest BCUT2D eigenvalue weighted by molar-refractivity contribution is 7.99. The first-order valence-corrected chi connectivity index (χ1v) is 8.32. The van der Waals surface area contributed by atoms with E-state index in [0.717, 1.165) is 29.5 Å². The van der Waals surface area contributed by atoms with Crippen molar-refractivity contribution in [1.29, 1.82) is 0 Å². The quantitative estimate of drug-likeness (QED) is 0.518. The number of nitrogens with one attached hydrogen (secondary N) is 2. The minimum atomic E-state index is -0.555. The first-order valence-electron chi connectivity index (χ1n) is 7.33. The number of rotatable bonds is 5. The van der Waals surface area contributed by atoms with E-state index in [1.165, 1.54) is 12.1 Å². The lowest BCUT2D eigenvalue weighted by molar-refractivity contribution is -0.119. The van der Waals surface area contributed by atoms with Crippen molar-refractivity contribution in [2.45, 2.75) is 5.22 Å². The molecule has 2 aromatic heterocycles. The predicted octanol–water partition coefficient (Wildman–Crippen LogP) is 1.82. The third-order valence-corrected chi connectivity index (χ3v) is 3.90. The zero-order valence-electron chi connectivity index (χ0n) is 13.2. The molecule has 0 aliphatic heterocycles. The van der Waals surface area contributed by atoms with Gasteiger partial charge in [0.15, 0.2) is 0 Å². The summed E-state index contributed by atoms with van der Waals surface area (Å²) in [6.07, 6.45) is 3.20. The van der Waals surface area contributed by atoms with Crippen LogP contribution in [0.1, 0.15) is 10.4 Å². The van der Waals surface area contributed by atoms with Crippen LogP contribution in [0.5, 0.6) is 0 Å². The van der Waals surface area contributed by atoms with Crippen LogP contribution in [0.4, 0.5) is 4.39 Å². The molecule has 0 spiro atoms. The second kappa shape index (κ2) is 8.21. The van der Waals surface area contributed by atoms with Gasteiger partial charge in [-0.2, -0.15) is 0 Å². The molecule has 10 heteroatoms. The Morgan fingerprint density at radius 2 is 1.77 bits per heavy atom. The average Bonchev–Trinajstić information content (AvgIpc) is 3.15. The number of halogens is 1. The van der Waals surface area contributed by atoms with Crippen LogP contribution in [0, 0.1) is 5.82 Å². The zero-order valence-corrected chi connectivity index (χ0v) is 14.0. The number of pyridine rings is 1. The number of hydrogen-bond donors (Lipinski definition) is 2. The summed E-state index contributed by atoms with van der Waals surface area (Å²) in [5.74, 6) is -1.19. The number of benzene rings is 1. The fourth-order valence-electron chi connectivity index (χ4n) is 1.84. The fourth-order valence-corrected chi connectivity index (χ4v) is 2.41. The molecular weight excluding hydrogens is 361 g/mol. The molecule has 2 N–H and O–H groups in total. The van der Waals surface area contributed by atoms with Gasteiger partial charge in [0.2, 0.25) is 11.8 Å². The van der Waals surface area contributed by atoms with Crippen LogP contribution >= 0.6 is 11.8 Å². The number of hydrogen-bond acceptors (Lipinski definition) is 7. The Morgan fingerprint density at radius 1 is 1.04 bits per heavy atom. The van der Waals surface area contributed by atoms with Gasteiger partial charge in [0.1, 0.15) is 5.82 Å². The molecule has 132 valence electrons. The molecule has 0 radical (unpaired) electrons. The lowest BCUT2D eigenvalue weighted by Gasteiger charge is -2.06. The second-order valence-electron chi connectivity index (χ2n) is 4.91. The largest absolute Gasteiger partial charge is 0.411 e. The van der Waals surface area contributed by atoms with E-state index in [1.807, 2.05) is 0 Å². The SMILES string of the molecule is O=C(CSc1nnc(-c2ccncc2)o1)NNC(=O)c1ccc(F)cc1. The maximum Gasteiger partial charge on any atom is 0.277 e. The first-order chi connectivity index (χ1) is 12.6. The van der Waals surface area contributed by atoms with Crippen molar-refractivity contribution in [2.75, 3.05) is 5.75 Å². The summed E-state index contributed by atoms with van der Waals surface area (Å²) in [6.45, 7) is 0. The van der Waals surface area contributed by atoms with E-state index in [2.05, 4.69) is 26.0 Å². The summed E-state index contributed by atoms with van der Waals surface area (Å²) >= 11 is 1.02. The van der Waals surface area contributed by atoms with Gasteiger partial charge in [-0.3, -0.25) is 25.4 Å².